The number of nitrogens with zero attached hydrogens (tertiary/aromatic N) is 3. The molecule has 1 atom stereocenters. The highest BCUT2D eigenvalue weighted by Gasteiger charge is 2.21. The van der Waals surface area contributed by atoms with Gasteiger partial charge in [-0.15, -0.1) is 0 Å². The van der Waals surface area contributed by atoms with Crippen LogP contribution >= 0.6 is 0 Å². The van der Waals surface area contributed by atoms with Crippen molar-refractivity contribution in [1.29, 1.82) is 0 Å². The molecule has 1 aliphatic rings. The van der Waals surface area contributed by atoms with E-state index < -0.39 is 0 Å². The highest BCUT2D eigenvalue weighted by Crippen LogP contribution is 2.36. The number of aromatic nitrogens is 3. The third-order valence-electron chi connectivity index (χ3n) is 3.39. The van der Waals surface area contributed by atoms with E-state index in [-0.39, 0.29) is 6.04 Å². The first kappa shape index (κ1) is 11.3. The summed E-state index contributed by atoms with van der Waals surface area (Å²) in [5.41, 5.74) is 7.78. The molecule has 5 nitrogen and oxygen atoms in total. The van der Waals surface area contributed by atoms with Gasteiger partial charge in [0, 0.05) is 23.4 Å². The Morgan fingerprint density at radius 2 is 2.28 bits per heavy atom. The smallest absolute Gasteiger partial charge is 0.243 e. The van der Waals surface area contributed by atoms with E-state index in [0.29, 0.717) is 17.6 Å². The Kier molecular flexibility index (Phi) is 2.83. The molecule has 3 rings (SSSR count). The van der Waals surface area contributed by atoms with Gasteiger partial charge in [-0.05, 0) is 31.9 Å². The molecule has 0 saturated heterocycles. The lowest BCUT2D eigenvalue weighted by atomic mass is 9.82. The summed E-state index contributed by atoms with van der Waals surface area (Å²) in [4.78, 5) is 8.71. The molecular weight excluding hydrogens is 228 g/mol. The van der Waals surface area contributed by atoms with E-state index in [4.69, 9.17) is 10.3 Å². The van der Waals surface area contributed by atoms with Crippen LogP contribution in [0.2, 0.25) is 0 Å². The van der Waals surface area contributed by atoms with Crippen molar-refractivity contribution in [1.82, 2.24) is 15.1 Å². The third kappa shape index (κ3) is 2.01. The molecule has 18 heavy (non-hydrogen) atoms. The van der Waals surface area contributed by atoms with Gasteiger partial charge >= 0.3 is 0 Å². The van der Waals surface area contributed by atoms with Crippen LogP contribution < -0.4 is 5.73 Å². The summed E-state index contributed by atoms with van der Waals surface area (Å²) in [5.74, 6) is 1.65. The Labute approximate surface area is 105 Å². The van der Waals surface area contributed by atoms with Crippen LogP contribution in [0.5, 0.6) is 0 Å². The Hall–Kier alpha value is -1.75. The lowest BCUT2D eigenvalue weighted by molar-refractivity contribution is 0.362. The van der Waals surface area contributed by atoms with E-state index in [1.54, 1.807) is 0 Å². The van der Waals surface area contributed by atoms with Gasteiger partial charge in [-0.3, -0.25) is 4.98 Å². The fourth-order valence-corrected chi connectivity index (χ4v) is 2.05. The summed E-state index contributed by atoms with van der Waals surface area (Å²) in [7, 11) is 0. The molecule has 1 fully saturated rings. The van der Waals surface area contributed by atoms with Crippen LogP contribution in [0.25, 0.3) is 11.4 Å². The topological polar surface area (TPSA) is 77.8 Å². The van der Waals surface area contributed by atoms with Crippen LogP contribution in [0.1, 0.15) is 49.7 Å². The van der Waals surface area contributed by atoms with Crippen LogP contribution in [0.4, 0.5) is 0 Å². The maximum Gasteiger partial charge on any atom is 0.243 e. The molecule has 2 aromatic rings. The lowest BCUT2D eigenvalue weighted by Gasteiger charge is -2.24. The number of nitrogens with two attached hydrogens (primary N) is 1. The second-order valence-corrected chi connectivity index (χ2v) is 4.84. The summed E-state index contributed by atoms with van der Waals surface area (Å²) in [6, 6.07) is 3.72. The zero-order chi connectivity index (χ0) is 12.5. The van der Waals surface area contributed by atoms with Crippen molar-refractivity contribution in [2.24, 2.45) is 5.73 Å². The summed E-state index contributed by atoms with van der Waals surface area (Å²) < 4.78 is 5.11. The van der Waals surface area contributed by atoms with Gasteiger partial charge < -0.3 is 10.3 Å². The SMILES string of the molecule is CC(N)c1nc(-c2ccnc(C3CCC3)c2)no1. The summed E-state index contributed by atoms with van der Waals surface area (Å²) in [5, 5.41) is 3.96. The minimum atomic E-state index is -0.237. The fourth-order valence-electron chi connectivity index (χ4n) is 2.05. The van der Waals surface area contributed by atoms with Gasteiger partial charge in [-0.1, -0.05) is 11.6 Å². The number of hydrogen-bond acceptors (Lipinski definition) is 5. The Morgan fingerprint density at radius 3 is 2.89 bits per heavy atom. The van der Waals surface area contributed by atoms with Gasteiger partial charge in [-0.25, -0.2) is 0 Å². The van der Waals surface area contributed by atoms with E-state index in [9.17, 15) is 0 Å². The van der Waals surface area contributed by atoms with Crippen molar-refractivity contribution in [3.8, 4) is 11.4 Å². The van der Waals surface area contributed by atoms with Crippen LogP contribution in [-0.2, 0) is 0 Å². The zero-order valence-corrected chi connectivity index (χ0v) is 10.3. The summed E-state index contributed by atoms with van der Waals surface area (Å²) in [6.07, 6.45) is 5.57. The van der Waals surface area contributed by atoms with Gasteiger partial charge in [0.25, 0.3) is 0 Å². The predicted molar refractivity (Wildman–Crippen MR) is 66.7 cm³/mol. The van der Waals surface area contributed by atoms with E-state index >= 15 is 0 Å². The van der Waals surface area contributed by atoms with Crippen molar-refractivity contribution in [3.63, 3.8) is 0 Å². The van der Waals surface area contributed by atoms with Crippen LogP contribution in [-0.4, -0.2) is 15.1 Å². The van der Waals surface area contributed by atoms with E-state index in [0.717, 1.165) is 11.3 Å². The monoisotopic (exact) mass is 244 g/mol. The fraction of sp³-hybridized carbons (Fsp3) is 0.462. The highest BCUT2D eigenvalue weighted by molar-refractivity contribution is 5.54. The zero-order valence-electron chi connectivity index (χ0n) is 10.3. The average Bonchev–Trinajstić information content (AvgIpc) is 2.76. The standard InChI is InChI=1S/C13H16N4O/c1-8(14)13-16-12(17-18-13)10-5-6-15-11(7-10)9-3-2-4-9/h5-9H,2-4,14H2,1H3. The Balaban J connectivity index is 1.90. The first-order valence-corrected chi connectivity index (χ1v) is 6.29. The van der Waals surface area contributed by atoms with Crippen molar-refractivity contribution in [3.05, 3.63) is 29.9 Å². The van der Waals surface area contributed by atoms with Gasteiger partial charge in [0.15, 0.2) is 0 Å². The number of rotatable bonds is 3. The van der Waals surface area contributed by atoms with Crippen LogP contribution in [0.3, 0.4) is 0 Å². The molecule has 1 aliphatic carbocycles. The van der Waals surface area contributed by atoms with Crippen molar-refractivity contribution < 1.29 is 4.52 Å². The normalized spacial score (nSPS) is 17.4. The molecule has 0 bridgehead atoms. The van der Waals surface area contributed by atoms with Crippen molar-refractivity contribution in [2.45, 2.75) is 38.1 Å². The van der Waals surface area contributed by atoms with Gasteiger partial charge in [0.2, 0.25) is 11.7 Å². The van der Waals surface area contributed by atoms with E-state index in [1.807, 2.05) is 19.2 Å². The third-order valence-corrected chi connectivity index (χ3v) is 3.39. The predicted octanol–water partition coefficient (Wildman–Crippen LogP) is 2.42. The molecule has 0 aliphatic heterocycles. The quantitative estimate of drug-likeness (QED) is 0.897. The molecule has 2 heterocycles. The molecule has 2 N–H and O–H groups in total. The van der Waals surface area contributed by atoms with Crippen LogP contribution in [0, 0.1) is 0 Å². The van der Waals surface area contributed by atoms with Crippen molar-refractivity contribution in [2.75, 3.05) is 0 Å². The lowest BCUT2D eigenvalue weighted by Crippen LogP contribution is -2.10. The molecule has 94 valence electrons. The van der Waals surface area contributed by atoms with Gasteiger partial charge in [-0.2, -0.15) is 4.98 Å². The van der Waals surface area contributed by atoms with E-state index in [2.05, 4.69) is 21.2 Å². The Bertz CT molecular complexity index is 545. The minimum absolute atomic E-state index is 0.237. The molecule has 2 aromatic heterocycles. The largest absolute Gasteiger partial charge is 0.337 e. The molecule has 0 amide bonds. The van der Waals surface area contributed by atoms with Gasteiger partial charge in [0.1, 0.15) is 0 Å². The first-order valence-electron chi connectivity index (χ1n) is 6.29. The maximum atomic E-state index is 5.71. The minimum Gasteiger partial charge on any atom is -0.337 e. The van der Waals surface area contributed by atoms with Crippen molar-refractivity contribution >= 4 is 0 Å². The molecule has 0 radical (unpaired) electrons. The van der Waals surface area contributed by atoms with Crippen LogP contribution in [0.15, 0.2) is 22.9 Å². The maximum absolute atomic E-state index is 5.71. The van der Waals surface area contributed by atoms with Gasteiger partial charge in [0.05, 0.1) is 6.04 Å². The number of pyridine rings is 1. The average molecular weight is 244 g/mol. The molecule has 0 spiro atoms. The summed E-state index contributed by atoms with van der Waals surface area (Å²) in [6.45, 7) is 1.82. The second kappa shape index (κ2) is 4.49. The Morgan fingerprint density at radius 1 is 1.44 bits per heavy atom. The summed E-state index contributed by atoms with van der Waals surface area (Å²) >= 11 is 0. The highest BCUT2D eigenvalue weighted by atomic mass is 16.5. The molecule has 1 saturated carbocycles. The van der Waals surface area contributed by atoms with E-state index in [1.165, 1.54) is 19.3 Å². The first-order chi connectivity index (χ1) is 8.74. The molecular formula is C13H16N4O. The number of hydrogen-bond donors (Lipinski definition) is 1. The molecule has 0 aromatic carbocycles. The molecule has 5 heteroatoms. The molecule has 1 unspecified atom stereocenters. The second-order valence-electron chi connectivity index (χ2n) is 4.84.